The van der Waals surface area contributed by atoms with Crippen LogP contribution in [-0.2, 0) is 10.0 Å². The summed E-state index contributed by atoms with van der Waals surface area (Å²) in [5.74, 6) is 1.18. The van der Waals surface area contributed by atoms with Gasteiger partial charge in [0.2, 0.25) is 10.0 Å². The maximum Gasteiger partial charge on any atom is 0.246 e. The standard InChI is InChI=1S/C23H26N4O3S/c1-17-13-21(30-3)22(14-18(17)2)31(28,29)27-11-9-26(10-12-27)23-15-20(24-16-25-23)19-7-5-4-6-8-19/h4-8,13-16H,9-12H2,1-3H3. The normalized spacial score (nSPS) is 15.1. The van der Waals surface area contributed by atoms with Crippen LogP contribution >= 0.6 is 0 Å². The predicted octanol–water partition coefficient (Wildman–Crippen LogP) is 3.28. The lowest BCUT2D eigenvalue weighted by Gasteiger charge is -2.35. The average molecular weight is 439 g/mol. The van der Waals surface area contributed by atoms with Gasteiger partial charge in [0.15, 0.2) is 0 Å². The quantitative estimate of drug-likeness (QED) is 0.609. The third kappa shape index (κ3) is 4.26. The number of anilines is 1. The van der Waals surface area contributed by atoms with Crippen LogP contribution in [0, 0.1) is 13.8 Å². The van der Waals surface area contributed by atoms with Crippen molar-refractivity contribution in [2.24, 2.45) is 0 Å². The Morgan fingerprint density at radius 3 is 2.26 bits per heavy atom. The van der Waals surface area contributed by atoms with E-state index in [2.05, 4.69) is 14.9 Å². The van der Waals surface area contributed by atoms with Gasteiger partial charge in [-0.1, -0.05) is 30.3 Å². The van der Waals surface area contributed by atoms with E-state index in [1.807, 2.05) is 50.2 Å². The fourth-order valence-electron chi connectivity index (χ4n) is 3.71. The fourth-order valence-corrected chi connectivity index (χ4v) is 5.35. The SMILES string of the molecule is COc1cc(C)c(C)cc1S(=O)(=O)N1CCN(c2cc(-c3ccccc3)ncn2)CC1. The van der Waals surface area contributed by atoms with Gasteiger partial charge in [0.05, 0.1) is 12.8 Å². The van der Waals surface area contributed by atoms with Gasteiger partial charge >= 0.3 is 0 Å². The number of methoxy groups -OCH3 is 1. The molecule has 0 atom stereocenters. The number of ether oxygens (including phenoxy) is 1. The summed E-state index contributed by atoms with van der Waals surface area (Å²) in [7, 11) is -2.15. The lowest BCUT2D eigenvalue weighted by Crippen LogP contribution is -2.49. The maximum atomic E-state index is 13.3. The number of sulfonamides is 1. The first-order valence-electron chi connectivity index (χ1n) is 10.2. The van der Waals surface area contributed by atoms with Crippen LogP contribution in [0.1, 0.15) is 11.1 Å². The van der Waals surface area contributed by atoms with Crippen molar-refractivity contribution in [1.29, 1.82) is 0 Å². The van der Waals surface area contributed by atoms with Crippen LogP contribution in [0.3, 0.4) is 0 Å². The number of hydrogen-bond acceptors (Lipinski definition) is 6. The predicted molar refractivity (Wildman–Crippen MR) is 121 cm³/mol. The van der Waals surface area contributed by atoms with Crippen molar-refractivity contribution in [3.63, 3.8) is 0 Å². The molecule has 162 valence electrons. The van der Waals surface area contributed by atoms with Crippen LogP contribution < -0.4 is 9.64 Å². The third-order valence-corrected chi connectivity index (χ3v) is 7.60. The van der Waals surface area contributed by atoms with E-state index in [0.717, 1.165) is 28.2 Å². The van der Waals surface area contributed by atoms with Crippen molar-refractivity contribution in [3.05, 3.63) is 66.0 Å². The molecular formula is C23H26N4O3S. The zero-order valence-corrected chi connectivity index (χ0v) is 18.8. The van der Waals surface area contributed by atoms with Crippen molar-refractivity contribution in [1.82, 2.24) is 14.3 Å². The summed E-state index contributed by atoms with van der Waals surface area (Å²) < 4.78 is 33.5. The van der Waals surface area contributed by atoms with Gasteiger partial charge in [0, 0.05) is 37.8 Å². The molecule has 0 bridgehead atoms. The maximum absolute atomic E-state index is 13.3. The third-order valence-electron chi connectivity index (χ3n) is 5.68. The highest BCUT2D eigenvalue weighted by molar-refractivity contribution is 7.89. The first kappa shape index (κ1) is 21.3. The van der Waals surface area contributed by atoms with E-state index in [1.54, 1.807) is 18.5 Å². The van der Waals surface area contributed by atoms with Gasteiger partial charge in [-0.2, -0.15) is 4.31 Å². The van der Waals surface area contributed by atoms with Crippen molar-refractivity contribution in [2.45, 2.75) is 18.7 Å². The lowest BCUT2D eigenvalue weighted by molar-refractivity contribution is 0.373. The molecule has 3 aromatic rings. The minimum atomic E-state index is -3.65. The van der Waals surface area contributed by atoms with Crippen LogP contribution in [0.2, 0.25) is 0 Å². The molecule has 0 spiro atoms. The van der Waals surface area contributed by atoms with Gasteiger partial charge in [-0.25, -0.2) is 18.4 Å². The molecule has 0 saturated carbocycles. The summed E-state index contributed by atoms with van der Waals surface area (Å²) in [6.45, 7) is 5.71. The highest BCUT2D eigenvalue weighted by Crippen LogP contribution is 2.31. The minimum absolute atomic E-state index is 0.222. The van der Waals surface area contributed by atoms with Gasteiger partial charge in [-0.05, 0) is 37.1 Å². The monoisotopic (exact) mass is 438 g/mol. The van der Waals surface area contributed by atoms with E-state index in [0.29, 0.717) is 31.9 Å². The van der Waals surface area contributed by atoms with E-state index in [-0.39, 0.29) is 4.90 Å². The molecule has 31 heavy (non-hydrogen) atoms. The fraction of sp³-hybridized carbons (Fsp3) is 0.304. The summed E-state index contributed by atoms with van der Waals surface area (Å²) in [5.41, 5.74) is 3.79. The lowest BCUT2D eigenvalue weighted by atomic mass is 10.1. The van der Waals surface area contributed by atoms with Gasteiger partial charge < -0.3 is 9.64 Å². The van der Waals surface area contributed by atoms with Crippen LogP contribution in [-0.4, -0.2) is 56.0 Å². The number of aromatic nitrogens is 2. The average Bonchev–Trinajstić information content (AvgIpc) is 2.81. The van der Waals surface area contributed by atoms with E-state index in [4.69, 9.17) is 4.74 Å². The molecular weight excluding hydrogens is 412 g/mol. The molecule has 0 unspecified atom stereocenters. The molecule has 4 rings (SSSR count). The second-order valence-corrected chi connectivity index (χ2v) is 9.51. The highest BCUT2D eigenvalue weighted by atomic mass is 32.2. The van der Waals surface area contributed by atoms with Crippen molar-refractivity contribution >= 4 is 15.8 Å². The van der Waals surface area contributed by atoms with Gasteiger partial charge in [0.1, 0.15) is 22.8 Å². The Kier molecular flexibility index (Phi) is 5.93. The second-order valence-electron chi connectivity index (χ2n) is 7.61. The molecule has 0 aliphatic carbocycles. The molecule has 1 aliphatic heterocycles. The molecule has 0 amide bonds. The van der Waals surface area contributed by atoms with E-state index >= 15 is 0 Å². The highest BCUT2D eigenvalue weighted by Gasteiger charge is 2.31. The Labute approximate surface area is 183 Å². The Morgan fingerprint density at radius 2 is 1.58 bits per heavy atom. The number of nitrogens with zero attached hydrogens (tertiary/aromatic N) is 4. The zero-order valence-electron chi connectivity index (χ0n) is 17.9. The number of hydrogen-bond donors (Lipinski definition) is 0. The summed E-state index contributed by atoms with van der Waals surface area (Å²) in [6, 6.07) is 15.4. The molecule has 8 heteroatoms. The summed E-state index contributed by atoms with van der Waals surface area (Å²) in [6.07, 6.45) is 1.56. The molecule has 7 nitrogen and oxygen atoms in total. The smallest absolute Gasteiger partial charge is 0.246 e. The van der Waals surface area contributed by atoms with Crippen LogP contribution in [0.5, 0.6) is 5.75 Å². The largest absolute Gasteiger partial charge is 0.495 e. The number of rotatable bonds is 5. The van der Waals surface area contributed by atoms with Gasteiger partial charge in [-0.15, -0.1) is 0 Å². The van der Waals surface area contributed by atoms with E-state index in [9.17, 15) is 8.42 Å². The summed E-state index contributed by atoms with van der Waals surface area (Å²) in [5, 5.41) is 0. The first-order chi connectivity index (χ1) is 14.9. The Balaban J connectivity index is 1.52. The molecule has 0 radical (unpaired) electrons. The van der Waals surface area contributed by atoms with Crippen molar-refractivity contribution in [3.8, 4) is 17.0 Å². The number of benzene rings is 2. The molecule has 1 saturated heterocycles. The van der Waals surface area contributed by atoms with Gasteiger partial charge in [0.25, 0.3) is 0 Å². The molecule has 0 N–H and O–H groups in total. The Bertz CT molecular complexity index is 1170. The van der Waals surface area contributed by atoms with Crippen LogP contribution in [0.15, 0.2) is 59.8 Å². The summed E-state index contributed by atoms with van der Waals surface area (Å²) >= 11 is 0. The molecule has 2 aromatic carbocycles. The Hall–Kier alpha value is -2.97. The molecule has 1 aliphatic rings. The van der Waals surface area contributed by atoms with Crippen LogP contribution in [0.4, 0.5) is 5.82 Å². The van der Waals surface area contributed by atoms with Crippen molar-refractivity contribution in [2.75, 3.05) is 38.2 Å². The van der Waals surface area contributed by atoms with E-state index in [1.165, 1.54) is 11.4 Å². The number of piperazine rings is 1. The van der Waals surface area contributed by atoms with E-state index < -0.39 is 10.0 Å². The number of aryl methyl sites for hydroxylation is 2. The topological polar surface area (TPSA) is 75.6 Å². The molecule has 1 fully saturated rings. The minimum Gasteiger partial charge on any atom is -0.495 e. The summed E-state index contributed by atoms with van der Waals surface area (Å²) in [4.78, 5) is 11.1. The molecule has 1 aromatic heterocycles. The Morgan fingerprint density at radius 1 is 0.903 bits per heavy atom. The van der Waals surface area contributed by atoms with Crippen molar-refractivity contribution < 1.29 is 13.2 Å². The first-order valence-corrected chi connectivity index (χ1v) is 11.6. The van der Waals surface area contributed by atoms with Crippen LogP contribution in [0.25, 0.3) is 11.3 Å². The zero-order chi connectivity index (χ0) is 22.0. The molecule has 2 heterocycles. The van der Waals surface area contributed by atoms with Gasteiger partial charge in [-0.3, -0.25) is 0 Å². The second kappa shape index (κ2) is 8.64.